The summed E-state index contributed by atoms with van der Waals surface area (Å²) >= 11 is 0. The number of hydrogen-bond acceptors (Lipinski definition) is 5. The molecule has 0 spiro atoms. The number of para-hydroxylation sites is 1. The maximum absolute atomic E-state index is 14.1. The molecule has 0 aliphatic carbocycles. The lowest BCUT2D eigenvalue weighted by molar-refractivity contribution is 0.226. The highest BCUT2D eigenvalue weighted by Crippen LogP contribution is 2.25. The van der Waals surface area contributed by atoms with Crippen molar-refractivity contribution in [2.75, 3.05) is 32.8 Å². The number of benzene rings is 2. The lowest BCUT2D eigenvalue weighted by atomic mass is 10.2. The highest BCUT2D eigenvalue weighted by Gasteiger charge is 2.20. The zero-order valence-corrected chi connectivity index (χ0v) is 15.8. The summed E-state index contributed by atoms with van der Waals surface area (Å²) in [6.45, 7) is 6.29. The third-order valence-corrected chi connectivity index (χ3v) is 4.88. The van der Waals surface area contributed by atoms with Crippen LogP contribution in [0.4, 0.5) is 4.39 Å². The molecular formula is C21H23FN4O2. The van der Waals surface area contributed by atoms with Crippen LogP contribution in [0.3, 0.4) is 0 Å². The van der Waals surface area contributed by atoms with E-state index in [2.05, 4.69) is 10.2 Å². The van der Waals surface area contributed by atoms with Crippen LogP contribution in [0, 0.1) is 5.82 Å². The third kappa shape index (κ3) is 3.63. The first-order valence-corrected chi connectivity index (χ1v) is 9.54. The molecule has 1 aliphatic heterocycles. The summed E-state index contributed by atoms with van der Waals surface area (Å²) < 4.78 is 21.3. The molecule has 1 fully saturated rings. The van der Waals surface area contributed by atoms with Gasteiger partial charge in [0.25, 0.3) is 5.56 Å². The summed E-state index contributed by atoms with van der Waals surface area (Å²) in [6.07, 6.45) is 0. The predicted molar refractivity (Wildman–Crippen MR) is 107 cm³/mol. The second-order valence-electron chi connectivity index (χ2n) is 6.76. The number of halogens is 1. The van der Waals surface area contributed by atoms with Crippen molar-refractivity contribution in [3.63, 3.8) is 0 Å². The Kier molecular flexibility index (Phi) is 5.36. The zero-order valence-electron chi connectivity index (χ0n) is 15.8. The van der Waals surface area contributed by atoms with E-state index in [1.165, 1.54) is 16.7 Å². The van der Waals surface area contributed by atoms with Gasteiger partial charge in [0.05, 0.1) is 29.7 Å². The Labute approximate surface area is 162 Å². The molecule has 1 N–H and O–H groups in total. The molecular weight excluding hydrogens is 359 g/mol. The van der Waals surface area contributed by atoms with Crippen LogP contribution in [0.25, 0.3) is 16.6 Å². The molecule has 2 heterocycles. The summed E-state index contributed by atoms with van der Waals surface area (Å²) in [6, 6.07) is 11.5. The van der Waals surface area contributed by atoms with E-state index in [1.807, 2.05) is 19.1 Å². The molecule has 0 saturated carbocycles. The van der Waals surface area contributed by atoms with Crippen LogP contribution in [0.2, 0.25) is 0 Å². The number of piperazine rings is 1. The van der Waals surface area contributed by atoms with E-state index in [1.54, 1.807) is 18.2 Å². The molecule has 146 valence electrons. The topological polar surface area (TPSA) is 59.4 Å². The maximum Gasteiger partial charge on any atom is 0.266 e. The second kappa shape index (κ2) is 8.08. The van der Waals surface area contributed by atoms with Crippen LogP contribution in [0.15, 0.2) is 47.3 Å². The number of ether oxygens (including phenoxy) is 1. The average Bonchev–Trinajstić information content (AvgIpc) is 2.71. The van der Waals surface area contributed by atoms with Crippen molar-refractivity contribution in [3.8, 4) is 11.4 Å². The van der Waals surface area contributed by atoms with Gasteiger partial charge in [-0.05, 0) is 31.2 Å². The lowest BCUT2D eigenvalue weighted by Crippen LogP contribution is -2.44. The number of nitrogens with zero attached hydrogens (tertiary/aromatic N) is 3. The fraction of sp³-hybridized carbons (Fsp3) is 0.333. The summed E-state index contributed by atoms with van der Waals surface area (Å²) in [5.74, 6) is 0.619. The normalized spacial score (nSPS) is 15.1. The van der Waals surface area contributed by atoms with Gasteiger partial charge in [-0.25, -0.2) is 9.37 Å². The summed E-state index contributed by atoms with van der Waals surface area (Å²) in [5.41, 5.74) is 0.806. The van der Waals surface area contributed by atoms with Gasteiger partial charge in [0, 0.05) is 32.2 Å². The van der Waals surface area contributed by atoms with Gasteiger partial charge < -0.3 is 10.1 Å². The minimum atomic E-state index is -0.424. The largest absolute Gasteiger partial charge is 0.492 e. The minimum Gasteiger partial charge on any atom is -0.492 e. The van der Waals surface area contributed by atoms with E-state index in [0.29, 0.717) is 41.3 Å². The molecule has 0 unspecified atom stereocenters. The fourth-order valence-corrected chi connectivity index (χ4v) is 3.55. The van der Waals surface area contributed by atoms with Crippen molar-refractivity contribution in [1.29, 1.82) is 0 Å². The summed E-state index contributed by atoms with van der Waals surface area (Å²) in [7, 11) is 0. The molecule has 0 amide bonds. The number of hydrogen-bond donors (Lipinski definition) is 1. The highest BCUT2D eigenvalue weighted by atomic mass is 19.1. The van der Waals surface area contributed by atoms with E-state index in [9.17, 15) is 9.18 Å². The zero-order chi connectivity index (χ0) is 19.5. The molecule has 1 aliphatic rings. The number of fused-ring (bicyclic) bond motifs is 1. The maximum atomic E-state index is 14.1. The van der Waals surface area contributed by atoms with E-state index in [4.69, 9.17) is 9.72 Å². The van der Waals surface area contributed by atoms with E-state index in [0.717, 1.165) is 26.2 Å². The Bertz CT molecular complexity index is 1040. The predicted octanol–water partition coefficient (Wildman–Crippen LogP) is 2.33. The number of nitrogens with one attached hydrogen (secondary N) is 1. The van der Waals surface area contributed by atoms with Gasteiger partial charge in [-0.1, -0.05) is 12.1 Å². The molecule has 2 aromatic carbocycles. The van der Waals surface area contributed by atoms with E-state index in [-0.39, 0.29) is 5.56 Å². The van der Waals surface area contributed by atoms with Crippen LogP contribution in [0.1, 0.15) is 12.7 Å². The Morgan fingerprint density at radius 3 is 2.75 bits per heavy atom. The molecule has 3 aromatic rings. The first-order chi connectivity index (χ1) is 13.7. The average molecular weight is 382 g/mol. The first-order valence-electron chi connectivity index (χ1n) is 9.54. The molecule has 28 heavy (non-hydrogen) atoms. The highest BCUT2D eigenvalue weighted by molar-refractivity contribution is 5.78. The van der Waals surface area contributed by atoms with Crippen molar-refractivity contribution in [3.05, 3.63) is 64.5 Å². The molecule has 7 heteroatoms. The number of rotatable bonds is 5. The molecule has 1 saturated heterocycles. The molecule has 0 bridgehead atoms. The van der Waals surface area contributed by atoms with E-state index >= 15 is 0 Å². The van der Waals surface area contributed by atoms with Crippen LogP contribution in [0.5, 0.6) is 5.75 Å². The monoisotopic (exact) mass is 382 g/mol. The molecule has 6 nitrogen and oxygen atoms in total. The van der Waals surface area contributed by atoms with Crippen molar-refractivity contribution >= 4 is 10.9 Å². The third-order valence-electron chi connectivity index (χ3n) is 4.88. The van der Waals surface area contributed by atoms with Gasteiger partial charge in [-0.15, -0.1) is 0 Å². The van der Waals surface area contributed by atoms with Crippen LogP contribution in [-0.2, 0) is 6.54 Å². The van der Waals surface area contributed by atoms with E-state index < -0.39 is 5.82 Å². The van der Waals surface area contributed by atoms with Crippen LogP contribution >= 0.6 is 0 Å². The molecule has 1 aromatic heterocycles. The van der Waals surface area contributed by atoms with Crippen molar-refractivity contribution in [2.24, 2.45) is 0 Å². The smallest absolute Gasteiger partial charge is 0.266 e. The van der Waals surface area contributed by atoms with Gasteiger partial charge >= 0.3 is 0 Å². The molecule has 4 rings (SSSR count). The van der Waals surface area contributed by atoms with Gasteiger partial charge in [0.1, 0.15) is 17.4 Å². The fourth-order valence-electron chi connectivity index (χ4n) is 3.55. The van der Waals surface area contributed by atoms with Crippen LogP contribution < -0.4 is 15.6 Å². The minimum absolute atomic E-state index is 0.220. The Hall–Kier alpha value is -2.77. The SMILES string of the molecule is CCOc1ccc(F)cc1-n1c(CN2CCNCC2)nc2ccccc2c1=O. The van der Waals surface area contributed by atoms with Crippen molar-refractivity contribution < 1.29 is 9.13 Å². The standard InChI is InChI=1S/C21H23FN4O2/c1-2-28-19-8-7-15(22)13-18(19)26-20(14-25-11-9-23-10-12-25)24-17-6-4-3-5-16(17)21(26)27/h3-8,13,23H,2,9-12,14H2,1H3. The van der Waals surface area contributed by atoms with Crippen LogP contribution in [-0.4, -0.2) is 47.2 Å². The quantitative estimate of drug-likeness (QED) is 0.734. The summed E-state index contributed by atoms with van der Waals surface area (Å²) in [4.78, 5) is 20.4. The lowest BCUT2D eigenvalue weighted by Gasteiger charge is -2.28. The molecule has 0 atom stereocenters. The van der Waals surface area contributed by atoms with Gasteiger partial charge in [0.15, 0.2) is 0 Å². The second-order valence-corrected chi connectivity index (χ2v) is 6.76. The first kappa shape index (κ1) is 18.6. The Morgan fingerprint density at radius 1 is 1.18 bits per heavy atom. The molecule has 0 radical (unpaired) electrons. The van der Waals surface area contributed by atoms with Gasteiger partial charge in [0.2, 0.25) is 0 Å². The Balaban J connectivity index is 1.93. The van der Waals surface area contributed by atoms with Crippen molar-refractivity contribution in [1.82, 2.24) is 19.8 Å². The Morgan fingerprint density at radius 2 is 1.96 bits per heavy atom. The number of aromatic nitrogens is 2. The van der Waals surface area contributed by atoms with Crippen molar-refractivity contribution in [2.45, 2.75) is 13.5 Å². The van der Waals surface area contributed by atoms with Gasteiger partial charge in [-0.2, -0.15) is 0 Å². The van der Waals surface area contributed by atoms with Gasteiger partial charge in [-0.3, -0.25) is 14.3 Å². The summed E-state index contributed by atoms with van der Waals surface area (Å²) in [5, 5.41) is 3.82.